The molecule has 0 bridgehead atoms. The van der Waals surface area contributed by atoms with Crippen LogP contribution in [0.5, 0.6) is 5.75 Å². The van der Waals surface area contributed by atoms with E-state index >= 15 is 0 Å². The standard InChI is InChI=1S/C18H28B2O/c1-7-17(5,8-2)13-11-14(19)16(15(20)12-13)21-18(6,9-3)10-4/h11-12H,7-10H2,1-6H3. The van der Waals surface area contributed by atoms with Crippen molar-refractivity contribution in [3.63, 3.8) is 0 Å². The Bertz CT molecular complexity index is 451. The van der Waals surface area contributed by atoms with Gasteiger partial charge in [-0.3, -0.25) is 0 Å². The summed E-state index contributed by atoms with van der Waals surface area (Å²) < 4.78 is 6.15. The highest BCUT2D eigenvalue weighted by atomic mass is 16.5. The van der Waals surface area contributed by atoms with Gasteiger partial charge in [-0.1, -0.05) is 57.7 Å². The predicted octanol–water partition coefficient (Wildman–Crippen LogP) is 3.31. The van der Waals surface area contributed by atoms with Gasteiger partial charge in [-0.2, -0.15) is 0 Å². The summed E-state index contributed by atoms with van der Waals surface area (Å²) in [7, 11) is 12.5. The monoisotopic (exact) mass is 282 g/mol. The Morgan fingerprint density at radius 2 is 1.29 bits per heavy atom. The van der Waals surface area contributed by atoms with Crippen LogP contribution in [-0.2, 0) is 5.41 Å². The van der Waals surface area contributed by atoms with Crippen LogP contribution >= 0.6 is 0 Å². The molecule has 3 heteroatoms. The first kappa shape index (κ1) is 18.2. The normalized spacial score (nSPS) is 12.5. The first-order valence-electron chi connectivity index (χ1n) is 8.13. The highest BCUT2D eigenvalue weighted by Gasteiger charge is 2.26. The van der Waals surface area contributed by atoms with Crippen LogP contribution in [0, 0.1) is 0 Å². The SMILES string of the molecule is [B]c1cc(C(C)(CC)CC)cc([B])c1OC(C)(CC)CC. The Kier molecular flexibility index (Phi) is 6.01. The zero-order valence-electron chi connectivity index (χ0n) is 14.5. The summed E-state index contributed by atoms with van der Waals surface area (Å²) in [6.45, 7) is 13.0. The smallest absolute Gasteiger partial charge is 0.118 e. The fourth-order valence-corrected chi connectivity index (χ4v) is 2.44. The Hall–Kier alpha value is -0.850. The molecular weight excluding hydrogens is 254 g/mol. The molecule has 4 radical (unpaired) electrons. The van der Waals surface area contributed by atoms with Crippen molar-refractivity contribution in [2.75, 3.05) is 0 Å². The molecule has 0 unspecified atom stereocenters. The van der Waals surface area contributed by atoms with Crippen molar-refractivity contribution in [2.24, 2.45) is 0 Å². The lowest BCUT2D eigenvalue weighted by atomic mass is 9.73. The van der Waals surface area contributed by atoms with E-state index in [0.717, 1.165) is 25.7 Å². The Labute approximate surface area is 133 Å². The van der Waals surface area contributed by atoms with E-state index < -0.39 is 0 Å². The summed E-state index contributed by atoms with van der Waals surface area (Å²) in [4.78, 5) is 0. The largest absolute Gasteiger partial charge is 0.489 e. The van der Waals surface area contributed by atoms with Gasteiger partial charge in [0, 0.05) is 0 Å². The number of benzene rings is 1. The van der Waals surface area contributed by atoms with Crippen LogP contribution in [0.15, 0.2) is 12.1 Å². The lowest BCUT2D eigenvalue weighted by Gasteiger charge is -2.33. The molecule has 1 rings (SSSR count). The molecule has 0 aliphatic heterocycles. The average Bonchev–Trinajstić information content (AvgIpc) is 2.49. The first-order valence-corrected chi connectivity index (χ1v) is 8.13. The second-order valence-corrected chi connectivity index (χ2v) is 6.51. The van der Waals surface area contributed by atoms with Crippen LogP contribution in [-0.4, -0.2) is 21.3 Å². The molecule has 0 fully saturated rings. The number of hydrogen-bond donors (Lipinski definition) is 0. The minimum Gasteiger partial charge on any atom is -0.489 e. The third-order valence-electron chi connectivity index (χ3n) is 5.25. The van der Waals surface area contributed by atoms with Gasteiger partial charge in [-0.05, 0) is 43.6 Å². The number of rotatable bonds is 7. The van der Waals surface area contributed by atoms with E-state index in [2.05, 4.69) is 41.5 Å². The van der Waals surface area contributed by atoms with E-state index in [9.17, 15) is 0 Å². The van der Waals surface area contributed by atoms with E-state index in [0.29, 0.717) is 16.7 Å². The Balaban J connectivity index is 3.23. The minimum atomic E-state index is -0.220. The van der Waals surface area contributed by atoms with E-state index in [1.54, 1.807) is 0 Å². The minimum absolute atomic E-state index is 0.111. The van der Waals surface area contributed by atoms with Crippen molar-refractivity contribution in [3.8, 4) is 5.75 Å². The summed E-state index contributed by atoms with van der Waals surface area (Å²) in [5, 5.41) is 0. The summed E-state index contributed by atoms with van der Waals surface area (Å²) in [6.07, 6.45) is 3.96. The Morgan fingerprint density at radius 3 is 1.62 bits per heavy atom. The topological polar surface area (TPSA) is 9.23 Å². The molecule has 0 atom stereocenters. The van der Waals surface area contributed by atoms with E-state index in [1.807, 2.05) is 12.1 Å². The van der Waals surface area contributed by atoms with Gasteiger partial charge in [-0.25, -0.2) is 0 Å². The summed E-state index contributed by atoms with van der Waals surface area (Å²) in [5.74, 6) is 0.638. The van der Waals surface area contributed by atoms with Crippen molar-refractivity contribution in [3.05, 3.63) is 17.7 Å². The van der Waals surface area contributed by atoms with Gasteiger partial charge >= 0.3 is 0 Å². The highest BCUT2D eigenvalue weighted by Crippen LogP contribution is 2.31. The molecule has 0 aliphatic carbocycles. The molecule has 0 aromatic heterocycles. The summed E-state index contributed by atoms with van der Waals surface area (Å²) in [5.41, 5.74) is 2.38. The molecule has 0 amide bonds. The third-order valence-corrected chi connectivity index (χ3v) is 5.25. The van der Waals surface area contributed by atoms with Crippen LogP contribution in [0.3, 0.4) is 0 Å². The highest BCUT2D eigenvalue weighted by molar-refractivity contribution is 6.41. The molecular formula is C18H28B2O. The molecule has 21 heavy (non-hydrogen) atoms. The lowest BCUT2D eigenvalue weighted by molar-refractivity contribution is 0.0827. The third kappa shape index (κ3) is 3.87. The molecule has 0 spiro atoms. The zero-order chi connectivity index (χ0) is 16.3. The molecule has 0 aliphatic rings. The van der Waals surface area contributed by atoms with E-state index in [-0.39, 0.29) is 11.0 Å². The summed E-state index contributed by atoms with van der Waals surface area (Å²) in [6, 6.07) is 4.06. The summed E-state index contributed by atoms with van der Waals surface area (Å²) >= 11 is 0. The molecule has 0 saturated carbocycles. The van der Waals surface area contributed by atoms with Crippen molar-refractivity contribution < 1.29 is 4.74 Å². The Morgan fingerprint density at radius 1 is 0.857 bits per heavy atom. The van der Waals surface area contributed by atoms with Gasteiger partial charge in [0.2, 0.25) is 0 Å². The molecule has 0 saturated heterocycles. The van der Waals surface area contributed by atoms with Gasteiger partial charge in [0.05, 0.1) is 0 Å². The average molecular weight is 282 g/mol. The van der Waals surface area contributed by atoms with Gasteiger partial charge < -0.3 is 4.74 Å². The molecule has 1 nitrogen and oxygen atoms in total. The van der Waals surface area contributed by atoms with Crippen LogP contribution in [0.25, 0.3) is 0 Å². The van der Waals surface area contributed by atoms with Crippen LogP contribution in [0.4, 0.5) is 0 Å². The number of hydrogen-bond acceptors (Lipinski definition) is 1. The van der Waals surface area contributed by atoms with Crippen molar-refractivity contribution in [2.45, 2.75) is 78.2 Å². The molecule has 0 heterocycles. The van der Waals surface area contributed by atoms with Crippen LogP contribution < -0.4 is 15.7 Å². The molecule has 1 aromatic rings. The van der Waals surface area contributed by atoms with Crippen molar-refractivity contribution in [1.82, 2.24) is 0 Å². The second-order valence-electron chi connectivity index (χ2n) is 6.51. The maximum atomic E-state index is 6.24. The number of ether oxygens (including phenoxy) is 1. The second kappa shape index (κ2) is 6.94. The van der Waals surface area contributed by atoms with Crippen molar-refractivity contribution >= 4 is 26.6 Å². The van der Waals surface area contributed by atoms with E-state index in [1.165, 1.54) is 5.56 Å². The van der Waals surface area contributed by atoms with E-state index in [4.69, 9.17) is 20.4 Å². The predicted molar refractivity (Wildman–Crippen MR) is 94.8 cm³/mol. The van der Waals surface area contributed by atoms with Gasteiger partial charge in [0.1, 0.15) is 27.0 Å². The molecule has 112 valence electrons. The lowest BCUT2D eigenvalue weighted by Crippen LogP contribution is -2.36. The maximum absolute atomic E-state index is 6.24. The first-order chi connectivity index (χ1) is 9.75. The van der Waals surface area contributed by atoms with Crippen molar-refractivity contribution in [1.29, 1.82) is 0 Å². The quantitative estimate of drug-likeness (QED) is 0.697. The van der Waals surface area contributed by atoms with Crippen LogP contribution in [0.2, 0.25) is 0 Å². The zero-order valence-corrected chi connectivity index (χ0v) is 14.5. The molecule has 1 aromatic carbocycles. The maximum Gasteiger partial charge on any atom is 0.118 e. The van der Waals surface area contributed by atoms with Gasteiger partial charge in [0.15, 0.2) is 0 Å². The van der Waals surface area contributed by atoms with Gasteiger partial charge in [-0.15, -0.1) is 0 Å². The fraction of sp³-hybridized carbons (Fsp3) is 0.667. The van der Waals surface area contributed by atoms with Crippen LogP contribution in [0.1, 0.15) is 72.8 Å². The molecule has 0 N–H and O–H groups in total. The fourth-order valence-electron chi connectivity index (χ4n) is 2.44. The van der Waals surface area contributed by atoms with Gasteiger partial charge in [0.25, 0.3) is 0 Å².